The molecular formula is C19H24O5. The third-order valence-electron chi connectivity index (χ3n) is 3.28. The molecule has 0 radical (unpaired) electrons. The number of carboxylic acid groups (broad SMARTS) is 1. The minimum Gasteiger partial charge on any atom is -0.478 e. The predicted octanol–water partition coefficient (Wildman–Crippen LogP) is 2.24. The fraction of sp³-hybridized carbons (Fsp3) is 0.316. The van der Waals surface area contributed by atoms with Crippen molar-refractivity contribution in [1.82, 2.24) is 0 Å². The summed E-state index contributed by atoms with van der Waals surface area (Å²) in [5, 5.41) is 37.4. The smallest absolute Gasteiger partial charge is 0.328 e. The SMILES string of the molecule is CC(/C=C/c1cccc(/C=C/C(=O)O)c1)=C\[C@H](O)[C@@H](O)C[C@H](C)O. The summed E-state index contributed by atoms with van der Waals surface area (Å²) in [5.74, 6) is -1.00. The molecule has 5 heteroatoms. The molecule has 1 aromatic carbocycles. The number of carboxylic acids is 1. The molecule has 0 aliphatic carbocycles. The molecule has 0 unspecified atom stereocenters. The zero-order chi connectivity index (χ0) is 18.1. The van der Waals surface area contributed by atoms with Crippen LogP contribution in [0.15, 0.2) is 48.1 Å². The Kier molecular flexibility index (Phi) is 8.12. The summed E-state index contributed by atoms with van der Waals surface area (Å²) < 4.78 is 0. The van der Waals surface area contributed by atoms with Crippen molar-refractivity contribution in [2.75, 3.05) is 0 Å². The van der Waals surface area contributed by atoms with Crippen molar-refractivity contribution >= 4 is 18.1 Å². The van der Waals surface area contributed by atoms with Crippen LogP contribution in [0.4, 0.5) is 0 Å². The Hall–Kier alpha value is -2.21. The summed E-state index contributed by atoms with van der Waals surface area (Å²) in [5.41, 5.74) is 2.42. The van der Waals surface area contributed by atoms with Gasteiger partial charge in [0.1, 0.15) is 0 Å². The molecule has 0 bridgehead atoms. The van der Waals surface area contributed by atoms with Gasteiger partial charge in [-0.05, 0) is 37.1 Å². The van der Waals surface area contributed by atoms with Crippen LogP contribution in [0, 0.1) is 0 Å². The maximum atomic E-state index is 10.5. The van der Waals surface area contributed by atoms with E-state index in [0.29, 0.717) is 0 Å². The quantitative estimate of drug-likeness (QED) is 0.432. The first-order valence-corrected chi connectivity index (χ1v) is 7.69. The third kappa shape index (κ3) is 7.87. The lowest BCUT2D eigenvalue weighted by molar-refractivity contribution is -0.131. The van der Waals surface area contributed by atoms with Crippen molar-refractivity contribution in [3.63, 3.8) is 0 Å². The van der Waals surface area contributed by atoms with Crippen LogP contribution in [-0.4, -0.2) is 44.7 Å². The van der Waals surface area contributed by atoms with Crippen LogP contribution in [0.1, 0.15) is 31.4 Å². The van der Waals surface area contributed by atoms with E-state index < -0.39 is 24.3 Å². The van der Waals surface area contributed by atoms with Crippen LogP contribution in [-0.2, 0) is 4.79 Å². The lowest BCUT2D eigenvalue weighted by atomic mass is 10.0. The van der Waals surface area contributed by atoms with Gasteiger partial charge in [0.2, 0.25) is 0 Å². The van der Waals surface area contributed by atoms with Crippen LogP contribution in [0.5, 0.6) is 0 Å². The second kappa shape index (κ2) is 9.82. The Balaban J connectivity index is 2.75. The van der Waals surface area contributed by atoms with Gasteiger partial charge in [0.25, 0.3) is 0 Å². The van der Waals surface area contributed by atoms with E-state index in [1.807, 2.05) is 24.3 Å². The van der Waals surface area contributed by atoms with Gasteiger partial charge in [-0.2, -0.15) is 0 Å². The number of hydrogen-bond acceptors (Lipinski definition) is 4. The average molecular weight is 332 g/mol. The van der Waals surface area contributed by atoms with Gasteiger partial charge in [-0.1, -0.05) is 42.0 Å². The number of aliphatic hydroxyl groups excluding tert-OH is 3. The number of aliphatic hydroxyl groups is 3. The summed E-state index contributed by atoms with van der Waals surface area (Å²) in [6.07, 6.45) is 5.10. The number of aliphatic carboxylic acids is 1. The van der Waals surface area contributed by atoms with E-state index in [1.54, 1.807) is 26.0 Å². The highest BCUT2D eigenvalue weighted by Gasteiger charge is 2.15. The topological polar surface area (TPSA) is 98.0 Å². The Morgan fingerprint density at radius 3 is 2.25 bits per heavy atom. The van der Waals surface area contributed by atoms with Crippen LogP contribution >= 0.6 is 0 Å². The summed E-state index contributed by atoms with van der Waals surface area (Å²) in [6.45, 7) is 3.35. The lowest BCUT2D eigenvalue weighted by Crippen LogP contribution is -2.27. The van der Waals surface area contributed by atoms with E-state index in [4.69, 9.17) is 5.11 Å². The largest absolute Gasteiger partial charge is 0.478 e. The Labute approximate surface area is 141 Å². The molecule has 0 aliphatic rings. The maximum Gasteiger partial charge on any atom is 0.328 e. The summed E-state index contributed by atoms with van der Waals surface area (Å²) in [4.78, 5) is 10.5. The van der Waals surface area contributed by atoms with Gasteiger partial charge >= 0.3 is 5.97 Å². The van der Waals surface area contributed by atoms with Gasteiger partial charge in [-0.3, -0.25) is 0 Å². The molecule has 0 amide bonds. The fourth-order valence-corrected chi connectivity index (χ4v) is 2.09. The van der Waals surface area contributed by atoms with E-state index in [2.05, 4.69) is 0 Å². The maximum absolute atomic E-state index is 10.5. The second-order valence-corrected chi connectivity index (χ2v) is 5.73. The average Bonchev–Trinajstić information content (AvgIpc) is 2.50. The van der Waals surface area contributed by atoms with Crippen molar-refractivity contribution in [2.24, 2.45) is 0 Å². The van der Waals surface area contributed by atoms with Crippen LogP contribution < -0.4 is 0 Å². The molecule has 4 N–H and O–H groups in total. The van der Waals surface area contributed by atoms with Crippen LogP contribution in [0.25, 0.3) is 12.2 Å². The molecule has 0 aliphatic heterocycles. The molecule has 0 fully saturated rings. The molecular weight excluding hydrogens is 308 g/mol. The van der Waals surface area contributed by atoms with Crippen molar-refractivity contribution in [3.05, 3.63) is 59.2 Å². The molecule has 1 rings (SSSR count). The van der Waals surface area contributed by atoms with E-state index >= 15 is 0 Å². The molecule has 0 saturated heterocycles. The molecule has 130 valence electrons. The first-order chi connectivity index (χ1) is 11.3. The molecule has 3 atom stereocenters. The highest BCUT2D eigenvalue weighted by molar-refractivity contribution is 5.85. The standard InChI is InChI=1S/C19H24O5/c1-13(10-17(21)18(22)11-14(2)20)6-7-15-4-3-5-16(12-15)8-9-19(23)24/h3-10,12,14,17-18,20-22H,11H2,1-2H3,(H,23,24)/b7-6+,9-8+,13-10+/t14-,17-,18-/m0/s1. The summed E-state index contributed by atoms with van der Waals surface area (Å²) in [6, 6.07) is 7.33. The molecule has 0 spiro atoms. The highest BCUT2D eigenvalue weighted by Crippen LogP contribution is 2.12. The van der Waals surface area contributed by atoms with Crippen LogP contribution in [0.3, 0.4) is 0 Å². The van der Waals surface area contributed by atoms with Gasteiger partial charge in [-0.25, -0.2) is 4.79 Å². The molecule has 24 heavy (non-hydrogen) atoms. The number of carbonyl (C=O) groups is 1. The summed E-state index contributed by atoms with van der Waals surface area (Å²) >= 11 is 0. The van der Waals surface area contributed by atoms with E-state index in [0.717, 1.165) is 22.8 Å². The zero-order valence-corrected chi connectivity index (χ0v) is 13.8. The Morgan fingerprint density at radius 1 is 1.12 bits per heavy atom. The molecule has 0 saturated carbocycles. The van der Waals surface area contributed by atoms with E-state index in [-0.39, 0.29) is 6.42 Å². The van der Waals surface area contributed by atoms with Crippen molar-refractivity contribution in [3.8, 4) is 0 Å². The van der Waals surface area contributed by atoms with Gasteiger partial charge < -0.3 is 20.4 Å². The van der Waals surface area contributed by atoms with E-state index in [1.165, 1.54) is 12.2 Å². The molecule has 1 aromatic rings. The molecule has 5 nitrogen and oxygen atoms in total. The van der Waals surface area contributed by atoms with Crippen molar-refractivity contribution in [2.45, 2.75) is 38.6 Å². The second-order valence-electron chi connectivity index (χ2n) is 5.73. The Bertz CT molecular complexity index is 628. The van der Waals surface area contributed by atoms with Crippen LogP contribution in [0.2, 0.25) is 0 Å². The molecule has 0 heterocycles. The fourth-order valence-electron chi connectivity index (χ4n) is 2.09. The Morgan fingerprint density at radius 2 is 1.71 bits per heavy atom. The normalized spacial score (nSPS) is 16.5. The van der Waals surface area contributed by atoms with E-state index in [9.17, 15) is 20.1 Å². The predicted molar refractivity (Wildman–Crippen MR) is 94.2 cm³/mol. The minimum atomic E-state index is -1.05. The molecule has 0 aromatic heterocycles. The van der Waals surface area contributed by atoms with Gasteiger partial charge in [0.15, 0.2) is 0 Å². The first-order valence-electron chi connectivity index (χ1n) is 7.69. The van der Waals surface area contributed by atoms with Gasteiger partial charge in [0.05, 0.1) is 18.3 Å². The number of benzene rings is 1. The van der Waals surface area contributed by atoms with Crippen molar-refractivity contribution < 1.29 is 25.2 Å². The summed E-state index contributed by atoms with van der Waals surface area (Å²) in [7, 11) is 0. The monoisotopic (exact) mass is 332 g/mol. The minimum absolute atomic E-state index is 0.104. The number of rotatable bonds is 8. The zero-order valence-electron chi connectivity index (χ0n) is 13.8. The van der Waals surface area contributed by atoms with Gasteiger partial charge in [0, 0.05) is 12.5 Å². The lowest BCUT2D eigenvalue weighted by Gasteiger charge is -2.16. The number of allylic oxidation sites excluding steroid dienone is 2. The first kappa shape index (κ1) is 19.8. The van der Waals surface area contributed by atoms with Gasteiger partial charge in [-0.15, -0.1) is 0 Å². The highest BCUT2D eigenvalue weighted by atomic mass is 16.4. The van der Waals surface area contributed by atoms with Crippen molar-refractivity contribution in [1.29, 1.82) is 0 Å². The third-order valence-corrected chi connectivity index (χ3v) is 3.28. The number of hydrogen-bond donors (Lipinski definition) is 4.